The standard InChI is InChI=1S/C8H11BrN4O4S/c1-12-7(6(9)10-11-12)18(16,17)13-4-2-3-5(13)8(14)15/h5H,2-4H2,1H3,(H,14,15)/t5-/m1/s1. The number of carboxylic acid groups (broad SMARTS) is 1. The lowest BCUT2D eigenvalue weighted by Crippen LogP contribution is -2.41. The van der Waals surface area contributed by atoms with Crippen LogP contribution in [0.5, 0.6) is 0 Å². The van der Waals surface area contributed by atoms with Crippen LogP contribution >= 0.6 is 15.9 Å². The number of carbonyl (C=O) groups is 1. The minimum atomic E-state index is -3.91. The highest BCUT2D eigenvalue weighted by Gasteiger charge is 2.42. The lowest BCUT2D eigenvalue weighted by atomic mass is 10.2. The largest absolute Gasteiger partial charge is 0.480 e. The minimum absolute atomic E-state index is 0.0843. The topological polar surface area (TPSA) is 105 Å². The van der Waals surface area contributed by atoms with Gasteiger partial charge in [-0.25, -0.2) is 13.1 Å². The molecule has 8 nitrogen and oxygen atoms in total. The van der Waals surface area contributed by atoms with E-state index in [4.69, 9.17) is 5.11 Å². The average Bonchev–Trinajstić information content (AvgIpc) is 2.85. The molecule has 0 bridgehead atoms. The predicted molar refractivity (Wildman–Crippen MR) is 63.3 cm³/mol. The average molecular weight is 339 g/mol. The van der Waals surface area contributed by atoms with Crippen LogP contribution in [0.15, 0.2) is 9.63 Å². The summed E-state index contributed by atoms with van der Waals surface area (Å²) >= 11 is 3.01. The summed E-state index contributed by atoms with van der Waals surface area (Å²) in [6, 6.07) is -1.02. The number of sulfonamides is 1. The zero-order chi connectivity index (χ0) is 13.5. The highest BCUT2D eigenvalue weighted by Crippen LogP contribution is 2.28. The van der Waals surface area contributed by atoms with Gasteiger partial charge in [-0.3, -0.25) is 4.79 Å². The van der Waals surface area contributed by atoms with Crippen molar-refractivity contribution in [3.8, 4) is 0 Å². The molecule has 1 aromatic heterocycles. The molecule has 1 atom stereocenters. The van der Waals surface area contributed by atoms with Crippen molar-refractivity contribution in [2.75, 3.05) is 6.54 Å². The first-order chi connectivity index (χ1) is 8.35. The molecule has 18 heavy (non-hydrogen) atoms. The lowest BCUT2D eigenvalue weighted by Gasteiger charge is -2.20. The molecule has 1 fully saturated rings. The minimum Gasteiger partial charge on any atom is -0.480 e. The molecule has 0 aromatic carbocycles. The van der Waals surface area contributed by atoms with Crippen LogP contribution in [0.1, 0.15) is 12.8 Å². The SMILES string of the molecule is Cn1nnc(Br)c1S(=O)(=O)N1CCC[C@@H]1C(=O)O. The number of rotatable bonds is 3. The molecule has 0 saturated carbocycles. The van der Waals surface area contributed by atoms with Gasteiger partial charge in [0, 0.05) is 13.6 Å². The van der Waals surface area contributed by atoms with Gasteiger partial charge in [0.15, 0.2) is 4.60 Å². The number of hydrogen-bond donors (Lipinski definition) is 1. The number of aromatic nitrogens is 3. The van der Waals surface area contributed by atoms with E-state index in [0.29, 0.717) is 12.8 Å². The number of nitrogens with zero attached hydrogens (tertiary/aromatic N) is 4. The lowest BCUT2D eigenvalue weighted by molar-refractivity contribution is -0.140. The van der Waals surface area contributed by atoms with Crippen molar-refractivity contribution in [1.82, 2.24) is 19.3 Å². The summed E-state index contributed by atoms with van der Waals surface area (Å²) in [5, 5.41) is 16.1. The maximum Gasteiger partial charge on any atom is 0.322 e. The fraction of sp³-hybridized carbons (Fsp3) is 0.625. The molecular formula is C8H11BrN4O4S. The zero-order valence-electron chi connectivity index (χ0n) is 9.45. The third kappa shape index (κ3) is 2.04. The fourth-order valence-electron chi connectivity index (χ4n) is 1.98. The molecule has 10 heteroatoms. The first-order valence-corrected chi connectivity index (χ1v) is 7.39. The molecule has 0 aliphatic carbocycles. The van der Waals surface area contributed by atoms with Crippen LogP contribution in [-0.2, 0) is 21.9 Å². The highest BCUT2D eigenvalue weighted by atomic mass is 79.9. The second-order valence-electron chi connectivity index (χ2n) is 3.92. The van der Waals surface area contributed by atoms with Crippen LogP contribution in [-0.4, -0.2) is 51.4 Å². The smallest absolute Gasteiger partial charge is 0.322 e. The molecule has 1 saturated heterocycles. The molecule has 0 spiro atoms. The number of aliphatic carboxylic acids is 1. The summed E-state index contributed by atoms with van der Waals surface area (Å²) in [6.45, 7) is 0.191. The Morgan fingerprint density at radius 1 is 1.56 bits per heavy atom. The van der Waals surface area contributed by atoms with Gasteiger partial charge in [-0.1, -0.05) is 5.21 Å². The summed E-state index contributed by atoms with van der Waals surface area (Å²) in [5.74, 6) is -1.14. The summed E-state index contributed by atoms with van der Waals surface area (Å²) in [6.07, 6.45) is 0.844. The predicted octanol–water partition coefficient (Wildman–Crippen LogP) is -0.185. The van der Waals surface area contributed by atoms with Crippen molar-refractivity contribution in [1.29, 1.82) is 0 Å². The van der Waals surface area contributed by atoms with Gasteiger partial charge in [0.25, 0.3) is 10.0 Å². The van der Waals surface area contributed by atoms with E-state index in [2.05, 4.69) is 26.2 Å². The van der Waals surface area contributed by atoms with Crippen LogP contribution < -0.4 is 0 Å². The Balaban J connectivity index is 2.46. The van der Waals surface area contributed by atoms with Crippen LogP contribution in [0.4, 0.5) is 0 Å². The molecule has 1 aliphatic rings. The van der Waals surface area contributed by atoms with Gasteiger partial charge in [0.2, 0.25) is 5.03 Å². The number of hydrogen-bond acceptors (Lipinski definition) is 5. The molecule has 0 unspecified atom stereocenters. The molecule has 100 valence electrons. The van der Waals surface area contributed by atoms with Crippen molar-refractivity contribution >= 4 is 31.9 Å². The molecule has 1 aromatic rings. The Hall–Kier alpha value is -1.00. The third-order valence-electron chi connectivity index (χ3n) is 2.78. The Labute approximate surface area is 112 Å². The molecule has 0 radical (unpaired) electrons. The van der Waals surface area contributed by atoms with E-state index in [0.717, 1.165) is 8.99 Å². The molecule has 1 N–H and O–H groups in total. The first-order valence-electron chi connectivity index (χ1n) is 5.15. The van der Waals surface area contributed by atoms with Crippen LogP contribution in [0.25, 0.3) is 0 Å². The van der Waals surface area contributed by atoms with Gasteiger partial charge in [0.1, 0.15) is 6.04 Å². The van der Waals surface area contributed by atoms with Crippen molar-refractivity contribution in [2.24, 2.45) is 7.05 Å². The summed E-state index contributed by atoms with van der Waals surface area (Å²) < 4.78 is 26.9. The summed E-state index contributed by atoms with van der Waals surface area (Å²) in [4.78, 5) is 11.0. The number of halogens is 1. The van der Waals surface area contributed by atoms with Crippen molar-refractivity contribution < 1.29 is 18.3 Å². The van der Waals surface area contributed by atoms with Gasteiger partial charge in [-0.2, -0.15) is 4.31 Å². The van der Waals surface area contributed by atoms with Gasteiger partial charge >= 0.3 is 5.97 Å². The molecule has 2 rings (SSSR count). The van der Waals surface area contributed by atoms with E-state index in [1.165, 1.54) is 7.05 Å². The Kier molecular flexibility index (Phi) is 3.43. The Morgan fingerprint density at radius 3 is 2.72 bits per heavy atom. The normalized spacial score (nSPS) is 21.3. The quantitative estimate of drug-likeness (QED) is 0.819. The van der Waals surface area contributed by atoms with E-state index in [9.17, 15) is 13.2 Å². The Bertz CT molecular complexity index is 564. The van der Waals surface area contributed by atoms with E-state index in [-0.39, 0.29) is 16.2 Å². The van der Waals surface area contributed by atoms with Crippen molar-refractivity contribution in [3.63, 3.8) is 0 Å². The second kappa shape index (κ2) is 4.59. The van der Waals surface area contributed by atoms with Crippen LogP contribution in [0.2, 0.25) is 0 Å². The maximum atomic E-state index is 12.4. The van der Waals surface area contributed by atoms with Gasteiger partial charge < -0.3 is 5.11 Å². The molecule has 1 aliphatic heterocycles. The highest BCUT2D eigenvalue weighted by molar-refractivity contribution is 9.10. The molecule has 2 heterocycles. The number of aryl methyl sites for hydroxylation is 1. The van der Waals surface area contributed by atoms with Gasteiger partial charge in [-0.05, 0) is 28.8 Å². The van der Waals surface area contributed by atoms with E-state index >= 15 is 0 Å². The van der Waals surface area contributed by atoms with Crippen LogP contribution in [0.3, 0.4) is 0 Å². The maximum absolute atomic E-state index is 12.4. The van der Waals surface area contributed by atoms with Gasteiger partial charge in [0.05, 0.1) is 0 Å². The van der Waals surface area contributed by atoms with Crippen LogP contribution in [0, 0.1) is 0 Å². The molecular weight excluding hydrogens is 328 g/mol. The second-order valence-corrected chi connectivity index (χ2v) is 6.48. The van der Waals surface area contributed by atoms with Gasteiger partial charge in [-0.15, -0.1) is 5.10 Å². The van der Waals surface area contributed by atoms with E-state index < -0.39 is 22.0 Å². The fourth-order valence-corrected chi connectivity index (χ4v) is 4.67. The third-order valence-corrected chi connectivity index (χ3v) is 5.58. The monoisotopic (exact) mass is 338 g/mol. The van der Waals surface area contributed by atoms with Crippen molar-refractivity contribution in [3.05, 3.63) is 4.60 Å². The summed E-state index contributed by atoms with van der Waals surface area (Å²) in [7, 11) is -2.47. The van der Waals surface area contributed by atoms with E-state index in [1.807, 2.05) is 0 Å². The molecule has 0 amide bonds. The summed E-state index contributed by atoms with van der Waals surface area (Å²) in [5.41, 5.74) is 0. The van der Waals surface area contributed by atoms with Crippen molar-refractivity contribution in [2.45, 2.75) is 23.9 Å². The first kappa shape index (κ1) is 13.4. The zero-order valence-corrected chi connectivity index (χ0v) is 11.8. The Morgan fingerprint density at radius 2 is 2.22 bits per heavy atom. The number of carboxylic acids is 1. The van der Waals surface area contributed by atoms with E-state index in [1.54, 1.807) is 0 Å².